The number of hydrogen-bond donors (Lipinski definition) is 0. The Hall–Kier alpha value is -0.940. The van der Waals surface area contributed by atoms with E-state index in [1.54, 1.807) is 11.3 Å². The lowest BCUT2D eigenvalue weighted by atomic mass is 10.5. The van der Waals surface area contributed by atoms with E-state index < -0.39 is 0 Å². The SMILES string of the molecule is C#CCOc1ccc(C)s1. The third-order valence-corrected chi connectivity index (χ3v) is 1.93. The summed E-state index contributed by atoms with van der Waals surface area (Å²) < 4.78 is 5.16. The van der Waals surface area contributed by atoms with Gasteiger partial charge < -0.3 is 4.74 Å². The first-order valence-corrected chi connectivity index (χ1v) is 3.77. The highest BCUT2D eigenvalue weighted by Gasteiger charge is 1.93. The van der Waals surface area contributed by atoms with Crippen LogP contribution in [0, 0.1) is 19.3 Å². The molecule has 1 rings (SSSR count). The Balaban J connectivity index is 2.52. The maximum atomic E-state index is 5.16. The second kappa shape index (κ2) is 3.28. The zero-order valence-corrected chi connectivity index (χ0v) is 6.57. The van der Waals surface area contributed by atoms with Gasteiger partial charge in [-0.1, -0.05) is 5.92 Å². The fraction of sp³-hybridized carbons (Fsp3) is 0.250. The van der Waals surface area contributed by atoms with E-state index in [4.69, 9.17) is 11.2 Å². The Morgan fingerprint density at radius 3 is 3.00 bits per heavy atom. The molecule has 0 saturated heterocycles. The van der Waals surface area contributed by atoms with Gasteiger partial charge in [-0.15, -0.1) is 17.8 Å². The summed E-state index contributed by atoms with van der Waals surface area (Å²) in [6.07, 6.45) is 5.01. The highest BCUT2D eigenvalue weighted by Crippen LogP contribution is 2.22. The van der Waals surface area contributed by atoms with Gasteiger partial charge in [-0.2, -0.15) is 0 Å². The van der Waals surface area contributed by atoms with E-state index in [9.17, 15) is 0 Å². The average molecular weight is 152 g/mol. The van der Waals surface area contributed by atoms with E-state index in [0.29, 0.717) is 6.61 Å². The summed E-state index contributed by atoms with van der Waals surface area (Å²) in [6.45, 7) is 2.40. The number of terminal acetylenes is 1. The largest absolute Gasteiger partial charge is 0.471 e. The van der Waals surface area contributed by atoms with Crippen LogP contribution in [0.5, 0.6) is 5.06 Å². The van der Waals surface area contributed by atoms with Crippen molar-refractivity contribution in [3.05, 3.63) is 17.0 Å². The molecule has 0 radical (unpaired) electrons. The van der Waals surface area contributed by atoms with Crippen LogP contribution in [0.25, 0.3) is 0 Å². The molecule has 0 bridgehead atoms. The van der Waals surface area contributed by atoms with Crippen molar-refractivity contribution in [2.45, 2.75) is 6.92 Å². The van der Waals surface area contributed by atoms with Gasteiger partial charge in [0.25, 0.3) is 0 Å². The van der Waals surface area contributed by atoms with E-state index in [-0.39, 0.29) is 0 Å². The molecule has 0 aliphatic rings. The zero-order valence-electron chi connectivity index (χ0n) is 5.76. The van der Waals surface area contributed by atoms with Crippen LogP contribution in [-0.2, 0) is 0 Å². The predicted octanol–water partition coefficient (Wildman–Crippen LogP) is 2.07. The monoisotopic (exact) mass is 152 g/mol. The van der Waals surface area contributed by atoms with Crippen molar-refractivity contribution in [3.8, 4) is 17.4 Å². The fourth-order valence-corrected chi connectivity index (χ4v) is 1.31. The van der Waals surface area contributed by atoms with Crippen molar-refractivity contribution in [2.24, 2.45) is 0 Å². The smallest absolute Gasteiger partial charge is 0.175 e. The molecule has 0 aromatic carbocycles. The van der Waals surface area contributed by atoms with Gasteiger partial charge in [-0.3, -0.25) is 0 Å². The zero-order chi connectivity index (χ0) is 7.40. The number of rotatable bonds is 2. The highest BCUT2D eigenvalue weighted by atomic mass is 32.1. The molecular formula is C8H8OS. The van der Waals surface area contributed by atoms with Crippen LogP contribution < -0.4 is 4.74 Å². The lowest BCUT2D eigenvalue weighted by Crippen LogP contribution is -1.89. The molecule has 0 atom stereocenters. The molecule has 0 fully saturated rings. The normalized spacial score (nSPS) is 8.80. The van der Waals surface area contributed by atoms with Gasteiger partial charge in [0.05, 0.1) is 0 Å². The average Bonchev–Trinajstić information content (AvgIpc) is 2.31. The Morgan fingerprint density at radius 2 is 2.50 bits per heavy atom. The van der Waals surface area contributed by atoms with Gasteiger partial charge >= 0.3 is 0 Å². The van der Waals surface area contributed by atoms with Gasteiger partial charge in [-0.25, -0.2) is 0 Å². The third-order valence-electron chi connectivity index (χ3n) is 1.01. The van der Waals surface area contributed by atoms with Crippen LogP contribution in [-0.4, -0.2) is 6.61 Å². The standard InChI is InChI=1S/C8H8OS/c1-3-6-9-8-5-4-7(2)10-8/h1,4-5H,6H2,2H3. The minimum atomic E-state index is 0.361. The Labute approximate surface area is 64.6 Å². The summed E-state index contributed by atoms with van der Waals surface area (Å²) in [7, 11) is 0. The Kier molecular flexibility index (Phi) is 2.35. The lowest BCUT2D eigenvalue weighted by molar-refractivity contribution is 0.381. The number of ether oxygens (including phenoxy) is 1. The van der Waals surface area contributed by atoms with Gasteiger partial charge in [0.2, 0.25) is 0 Å². The van der Waals surface area contributed by atoms with Gasteiger partial charge in [0.15, 0.2) is 5.06 Å². The summed E-state index contributed by atoms with van der Waals surface area (Å²) in [4.78, 5) is 1.24. The molecule has 0 aliphatic heterocycles. The summed E-state index contributed by atoms with van der Waals surface area (Å²) in [6, 6.07) is 3.94. The van der Waals surface area contributed by atoms with E-state index in [1.165, 1.54) is 4.88 Å². The molecule has 0 N–H and O–H groups in total. The van der Waals surface area contributed by atoms with Crippen LogP contribution in [0.4, 0.5) is 0 Å². The maximum Gasteiger partial charge on any atom is 0.175 e. The Morgan fingerprint density at radius 1 is 1.70 bits per heavy atom. The van der Waals surface area contributed by atoms with E-state index in [2.05, 4.69) is 5.92 Å². The summed E-state index contributed by atoms with van der Waals surface area (Å²) >= 11 is 1.61. The molecule has 1 aromatic rings. The Bertz CT molecular complexity index is 244. The van der Waals surface area contributed by atoms with Crippen molar-refractivity contribution in [3.63, 3.8) is 0 Å². The van der Waals surface area contributed by atoms with Gasteiger partial charge in [0.1, 0.15) is 6.61 Å². The molecule has 1 aromatic heterocycles. The summed E-state index contributed by atoms with van der Waals surface area (Å²) in [5, 5.41) is 0.899. The molecule has 0 aliphatic carbocycles. The minimum Gasteiger partial charge on any atom is -0.471 e. The summed E-state index contributed by atoms with van der Waals surface area (Å²) in [5.41, 5.74) is 0. The quantitative estimate of drug-likeness (QED) is 0.589. The van der Waals surface area contributed by atoms with Gasteiger partial charge in [0, 0.05) is 4.88 Å². The van der Waals surface area contributed by atoms with Crippen molar-refractivity contribution in [2.75, 3.05) is 6.61 Å². The van der Waals surface area contributed by atoms with Crippen molar-refractivity contribution < 1.29 is 4.74 Å². The molecule has 0 spiro atoms. The van der Waals surface area contributed by atoms with Crippen molar-refractivity contribution in [1.29, 1.82) is 0 Å². The molecule has 2 heteroatoms. The topological polar surface area (TPSA) is 9.23 Å². The van der Waals surface area contributed by atoms with E-state index >= 15 is 0 Å². The fourth-order valence-electron chi connectivity index (χ4n) is 0.602. The maximum absolute atomic E-state index is 5.16. The third kappa shape index (κ3) is 1.78. The summed E-state index contributed by atoms with van der Waals surface area (Å²) in [5.74, 6) is 2.41. The number of thiophene rings is 1. The van der Waals surface area contributed by atoms with Crippen LogP contribution in [0.1, 0.15) is 4.88 Å². The molecule has 1 heterocycles. The first kappa shape index (κ1) is 7.17. The number of hydrogen-bond acceptors (Lipinski definition) is 2. The van der Waals surface area contributed by atoms with Crippen LogP contribution in [0.15, 0.2) is 12.1 Å². The van der Waals surface area contributed by atoms with Crippen molar-refractivity contribution in [1.82, 2.24) is 0 Å². The minimum absolute atomic E-state index is 0.361. The second-order valence-corrected chi connectivity index (χ2v) is 3.11. The number of aryl methyl sites for hydroxylation is 1. The first-order valence-electron chi connectivity index (χ1n) is 2.95. The van der Waals surface area contributed by atoms with Gasteiger partial charge in [-0.05, 0) is 19.1 Å². The second-order valence-electron chi connectivity index (χ2n) is 1.86. The van der Waals surface area contributed by atoms with Crippen LogP contribution in [0.3, 0.4) is 0 Å². The predicted molar refractivity (Wildman–Crippen MR) is 43.4 cm³/mol. The van der Waals surface area contributed by atoms with Crippen LogP contribution in [0.2, 0.25) is 0 Å². The van der Waals surface area contributed by atoms with E-state index in [1.807, 2.05) is 19.1 Å². The first-order chi connectivity index (χ1) is 4.83. The molecule has 10 heavy (non-hydrogen) atoms. The van der Waals surface area contributed by atoms with Crippen LogP contribution >= 0.6 is 11.3 Å². The highest BCUT2D eigenvalue weighted by molar-refractivity contribution is 7.13. The van der Waals surface area contributed by atoms with E-state index in [0.717, 1.165) is 5.06 Å². The molecule has 0 amide bonds. The van der Waals surface area contributed by atoms with Crippen molar-refractivity contribution >= 4 is 11.3 Å². The lowest BCUT2D eigenvalue weighted by Gasteiger charge is -1.93. The molecule has 0 unspecified atom stereocenters. The molecule has 1 nitrogen and oxygen atoms in total. The molecule has 0 saturated carbocycles. The molecule has 52 valence electrons. The molecular weight excluding hydrogens is 144 g/mol.